The molecule has 0 saturated carbocycles. The van der Waals surface area contributed by atoms with E-state index in [2.05, 4.69) is 5.32 Å². The highest BCUT2D eigenvalue weighted by atomic mass is 19.4. The summed E-state index contributed by atoms with van der Waals surface area (Å²) in [5, 5.41) is 2.07. The van der Waals surface area contributed by atoms with Gasteiger partial charge in [0.2, 0.25) is 5.91 Å². The molecule has 0 spiro atoms. The third-order valence-corrected chi connectivity index (χ3v) is 3.68. The number of alkyl halides is 3. The molecule has 0 fully saturated rings. The van der Waals surface area contributed by atoms with Crippen LogP contribution in [0.25, 0.3) is 0 Å². The zero-order valence-electron chi connectivity index (χ0n) is 15.6. The first-order chi connectivity index (χ1) is 12.2. The fourth-order valence-electron chi connectivity index (χ4n) is 2.11. The Morgan fingerprint density at radius 1 is 1.22 bits per heavy atom. The van der Waals surface area contributed by atoms with Gasteiger partial charge in [-0.2, -0.15) is 13.2 Å². The number of hydrogen-bond acceptors (Lipinski definition) is 4. The minimum atomic E-state index is -4.65. The van der Waals surface area contributed by atoms with Gasteiger partial charge in [-0.3, -0.25) is 9.59 Å². The van der Waals surface area contributed by atoms with Crippen molar-refractivity contribution in [2.75, 3.05) is 5.32 Å². The second-order valence-corrected chi connectivity index (χ2v) is 7.25. The van der Waals surface area contributed by atoms with Crippen LogP contribution in [0.1, 0.15) is 39.7 Å². The second-order valence-electron chi connectivity index (χ2n) is 7.25. The summed E-state index contributed by atoms with van der Waals surface area (Å²) in [5.41, 5.74) is 4.90. The highest BCUT2D eigenvalue weighted by Crippen LogP contribution is 2.28. The van der Waals surface area contributed by atoms with E-state index in [0.717, 1.165) is 13.0 Å². The standard InChI is InChI=1S/C18H24F4N2O3/c1-10(18(20,21)22)15(23)16(26)24-13-9-11(5-7-12(13)19)6-8-14(25)27-17(2,3)4/h5,7,9-10,15H,6,8,23H2,1-4H3,(H,24,26)/t10-,15-/m1/s1. The van der Waals surface area contributed by atoms with E-state index in [9.17, 15) is 27.2 Å². The molecule has 1 amide bonds. The van der Waals surface area contributed by atoms with Crippen LogP contribution in [0.15, 0.2) is 18.2 Å². The fraction of sp³-hybridized carbons (Fsp3) is 0.556. The van der Waals surface area contributed by atoms with Gasteiger partial charge in [0.1, 0.15) is 11.4 Å². The maximum absolute atomic E-state index is 13.9. The second kappa shape index (κ2) is 8.69. The average molecular weight is 392 g/mol. The maximum Gasteiger partial charge on any atom is 0.393 e. The Hall–Kier alpha value is -2.16. The summed E-state index contributed by atoms with van der Waals surface area (Å²) in [4.78, 5) is 23.6. The fourth-order valence-corrected chi connectivity index (χ4v) is 2.11. The first-order valence-corrected chi connectivity index (χ1v) is 8.34. The number of halogens is 4. The molecule has 0 saturated heterocycles. The van der Waals surface area contributed by atoms with E-state index in [4.69, 9.17) is 10.5 Å². The van der Waals surface area contributed by atoms with Crippen molar-refractivity contribution in [2.45, 2.75) is 58.4 Å². The van der Waals surface area contributed by atoms with Gasteiger partial charge in [-0.25, -0.2) is 4.39 Å². The third kappa shape index (κ3) is 7.54. The number of benzene rings is 1. The molecular formula is C18H24F4N2O3. The Morgan fingerprint density at radius 3 is 2.33 bits per heavy atom. The number of carbonyl (C=O) groups excluding carboxylic acids is 2. The Morgan fingerprint density at radius 2 is 1.81 bits per heavy atom. The van der Waals surface area contributed by atoms with E-state index in [0.29, 0.717) is 5.56 Å². The van der Waals surface area contributed by atoms with Gasteiger partial charge in [0.25, 0.3) is 0 Å². The lowest BCUT2D eigenvalue weighted by Gasteiger charge is -2.22. The average Bonchev–Trinajstić information content (AvgIpc) is 2.51. The van der Waals surface area contributed by atoms with E-state index in [-0.39, 0.29) is 18.5 Å². The Labute approximate surface area is 155 Å². The van der Waals surface area contributed by atoms with Crippen LogP contribution in [0, 0.1) is 11.7 Å². The number of nitrogens with two attached hydrogens (primary N) is 1. The normalized spacial score (nSPS) is 14.4. The molecule has 0 radical (unpaired) electrons. The Bertz CT molecular complexity index is 684. The van der Waals surface area contributed by atoms with Gasteiger partial charge in [0.15, 0.2) is 0 Å². The molecule has 0 heterocycles. The van der Waals surface area contributed by atoms with Crippen molar-refractivity contribution in [1.29, 1.82) is 0 Å². The first-order valence-electron chi connectivity index (χ1n) is 8.34. The van der Waals surface area contributed by atoms with Crippen LogP contribution >= 0.6 is 0 Å². The van der Waals surface area contributed by atoms with Gasteiger partial charge < -0.3 is 15.8 Å². The number of hydrogen-bond donors (Lipinski definition) is 2. The van der Waals surface area contributed by atoms with Crippen LogP contribution in [0.4, 0.5) is 23.2 Å². The SMILES string of the molecule is C[C@H]([C@@H](N)C(=O)Nc1cc(CCC(=O)OC(C)(C)C)ccc1F)C(F)(F)F. The van der Waals surface area contributed by atoms with E-state index in [1.54, 1.807) is 20.8 Å². The van der Waals surface area contributed by atoms with E-state index < -0.39 is 41.4 Å². The predicted molar refractivity (Wildman–Crippen MR) is 92.4 cm³/mol. The number of aryl methyl sites for hydroxylation is 1. The maximum atomic E-state index is 13.9. The zero-order valence-corrected chi connectivity index (χ0v) is 15.6. The molecule has 152 valence electrons. The number of esters is 1. The summed E-state index contributed by atoms with van der Waals surface area (Å²) >= 11 is 0. The van der Waals surface area contributed by atoms with Crippen LogP contribution in [-0.4, -0.2) is 29.7 Å². The van der Waals surface area contributed by atoms with E-state index >= 15 is 0 Å². The number of rotatable bonds is 6. The van der Waals surface area contributed by atoms with Gasteiger partial charge >= 0.3 is 12.1 Å². The van der Waals surface area contributed by atoms with Gasteiger partial charge in [-0.05, 0) is 44.9 Å². The lowest BCUT2D eigenvalue weighted by atomic mass is 10.0. The largest absolute Gasteiger partial charge is 0.460 e. The van der Waals surface area contributed by atoms with Gasteiger partial charge in [0, 0.05) is 6.42 Å². The molecule has 1 aromatic rings. The zero-order chi connectivity index (χ0) is 21.0. The number of carbonyl (C=O) groups is 2. The molecule has 0 bridgehead atoms. The molecule has 1 rings (SSSR count). The van der Waals surface area contributed by atoms with Gasteiger partial charge in [-0.1, -0.05) is 13.0 Å². The van der Waals surface area contributed by atoms with Gasteiger partial charge in [0.05, 0.1) is 17.6 Å². The van der Waals surface area contributed by atoms with Crippen LogP contribution in [0.5, 0.6) is 0 Å². The number of ether oxygens (including phenoxy) is 1. The highest BCUT2D eigenvalue weighted by Gasteiger charge is 2.42. The number of amides is 1. The minimum absolute atomic E-state index is 0.0287. The van der Waals surface area contributed by atoms with Crippen LogP contribution in [0.3, 0.4) is 0 Å². The number of anilines is 1. The summed E-state index contributed by atoms with van der Waals surface area (Å²) < 4.78 is 57.0. The van der Waals surface area contributed by atoms with Crippen molar-refractivity contribution in [3.8, 4) is 0 Å². The minimum Gasteiger partial charge on any atom is -0.460 e. The summed E-state index contributed by atoms with van der Waals surface area (Å²) in [6, 6.07) is 1.84. The Kier molecular flexibility index (Phi) is 7.36. The predicted octanol–water partition coefficient (Wildman–Crippen LogP) is 3.56. The first kappa shape index (κ1) is 22.9. The molecule has 27 heavy (non-hydrogen) atoms. The molecule has 9 heteroatoms. The van der Waals surface area contributed by atoms with E-state index in [1.807, 2.05) is 0 Å². The molecule has 0 aromatic heterocycles. The highest BCUT2D eigenvalue weighted by molar-refractivity contribution is 5.95. The molecule has 0 aliphatic rings. The summed E-state index contributed by atoms with van der Waals surface area (Å²) in [7, 11) is 0. The lowest BCUT2D eigenvalue weighted by Crippen LogP contribution is -2.46. The quantitative estimate of drug-likeness (QED) is 0.573. The van der Waals surface area contributed by atoms with Crippen LogP contribution < -0.4 is 11.1 Å². The molecule has 0 aliphatic carbocycles. The smallest absolute Gasteiger partial charge is 0.393 e. The molecule has 0 aliphatic heterocycles. The molecule has 0 unspecified atom stereocenters. The topological polar surface area (TPSA) is 81.4 Å². The van der Waals surface area contributed by atoms with Crippen LogP contribution in [0.2, 0.25) is 0 Å². The lowest BCUT2D eigenvalue weighted by molar-refractivity contribution is -0.176. The molecular weight excluding hydrogens is 368 g/mol. The van der Waals surface area contributed by atoms with Crippen molar-refractivity contribution < 1.29 is 31.9 Å². The third-order valence-electron chi connectivity index (χ3n) is 3.68. The monoisotopic (exact) mass is 392 g/mol. The molecule has 1 aromatic carbocycles. The van der Waals surface area contributed by atoms with Crippen LogP contribution in [-0.2, 0) is 20.7 Å². The number of nitrogens with one attached hydrogen (secondary N) is 1. The van der Waals surface area contributed by atoms with Crippen molar-refractivity contribution in [3.05, 3.63) is 29.6 Å². The summed E-state index contributed by atoms with van der Waals surface area (Å²) in [6.07, 6.45) is -4.41. The van der Waals surface area contributed by atoms with Crippen molar-refractivity contribution >= 4 is 17.6 Å². The summed E-state index contributed by atoms with van der Waals surface area (Å²) in [6.45, 7) is 5.95. The van der Waals surface area contributed by atoms with Crippen molar-refractivity contribution in [2.24, 2.45) is 11.7 Å². The van der Waals surface area contributed by atoms with Crippen molar-refractivity contribution in [3.63, 3.8) is 0 Å². The Balaban J connectivity index is 2.79. The summed E-state index contributed by atoms with van der Waals surface area (Å²) in [5.74, 6) is -4.51. The molecule has 5 nitrogen and oxygen atoms in total. The van der Waals surface area contributed by atoms with E-state index in [1.165, 1.54) is 12.1 Å². The molecule has 3 N–H and O–H groups in total. The molecule has 2 atom stereocenters. The van der Waals surface area contributed by atoms with Gasteiger partial charge in [-0.15, -0.1) is 0 Å². The van der Waals surface area contributed by atoms with Crippen molar-refractivity contribution in [1.82, 2.24) is 0 Å².